The Balaban J connectivity index is 3.08. The highest BCUT2D eigenvalue weighted by Crippen LogP contribution is 1.83. The van der Waals surface area contributed by atoms with E-state index in [4.69, 9.17) is 9.47 Å². The molecule has 0 spiro atoms. The molecule has 0 radical (unpaired) electrons. The maximum absolute atomic E-state index is 11.0. The molecule has 0 aliphatic heterocycles. The van der Waals surface area contributed by atoms with Crippen LogP contribution in [0.3, 0.4) is 0 Å². The summed E-state index contributed by atoms with van der Waals surface area (Å²) in [7, 11) is 1.61. The number of ether oxygens (including phenoxy) is 2. The van der Waals surface area contributed by atoms with Crippen molar-refractivity contribution in [3.63, 3.8) is 0 Å². The molecule has 0 aromatic rings. The molecule has 0 bridgehead atoms. The van der Waals surface area contributed by atoms with Crippen molar-refractivity contribution in [3.8, 4) is 0 Å². The number of nitrogens with one attached hydrogen (secondary N) is 1. The van der Waals surface area contributed by atoms with Gasteiger partial charge in [0, 0.05) is 25.8 Å². The van der Waals surface area contributed by atoms with Crippen LogP contribution in [-0.4, -0.2) is 45.1 Å². The lowest BCUT2D eigenvalue weighted by atomic mass is 10.4. The lowest BCUT2D eigenvalue weighted by Crippen LogP contribution is -2.26. The molecule has 1 amide bonds. The van der Waals surface area contributed by atoms with Gasteiger partial charge < -0.3 is 14.8 Å². The average molecular weight is 207 g/mol. The topological polar surface area (TPSA) is 47.6 Å². The Morgan fingerprint density at radius 3 is 2.77 bits per heavy atom. The molecule has 0 unspecified atom stereocenters. The zero-order valence-electron chi connectivity index (χ0n) is 7.91. The monoisotopic (exact) mass is 207 g/mol. The number of carbonyl (C=O) groups excluding carboxylic acids is 1. The first-order valence-corrected chi connectivity index (χ1v) is 4.88. The van der Waals surface area contributed by atoms with Gasteiger partial charge in [0.15, 0.2) is 0 Å². The summed E-state index contributed by atoms with van der Waals surface area (Å²) >= 11 is 3.97. The van der Waals surface area contributed by atoms with Crippen molar-refractivity contribution in [1.82, 2.24) is 5.32 Å². The Morgan fingerprint density at radius 1 is 1.38 bits per heavy atom. The number of hydrogen-bond donors (Lipinski definition) is 2. The van der Waals surface area contributed by atoms with Crippen LogP contribution in [0, 0.1) is 0 Å². The molecule has 0 aromatic heterocycles. The Labute approximate surface area is 84.4 Å². The number of thiol groups is 1. The number of amides is 1. The molecule has 0 rings (SSSR count). The van der Waals surface area contributed by atoms with E-state index in [0.717, 1.165) is 0 Å². The minimum atomic E-state index is 0.00599. The number of carbonyl (C=O) groups is 1. The summed E-state index contributed by atoms with van der Waals surface area (Å²) < 4.78 is 9.90. The van der Waals surface area contributed by atoms with Crippen LogP contribution in [0.25, 0.3) is 0 Å². The normalized spacial score (nSPS) is 10.0. The zero-order valence-corrected chi connectivity index (χ0v) is 8.81. The summed E-state index contributed by atoms with van der Waals surface area (Å²) in [6, 6.07) is 0. The van der Waals surface area contributed by atoms with E-state index in [9.17, 15) is 4.79 Å². The second-order valence-corrected chi connectivity index (χ2v) is 2.88. The van der Waals surface area contributed by atoms with Crippen molar-refractivity contribution in [1.29, 1.82) is 0 Å². The van der Waals surface area contributed by atoms with Crippen LogP contribution in [0.15, 0.2) is 0 Å². The summed E-state index contributed by atoms with van der Waals surface area (Å²) in [5.41, 5.74) is 0. The molecule has 0 heterocycles. The maximum Gasteiger partial charge on any atom is 0.222 e. The molecule has 0 aliphatic carbocycles. The maximum atomic E-state index is 11.0. The molecule has 13 heavy (non-hydrogen) atoms. The summed E-state index contributed by atoms with van der Waals surface area (Å²) in [5.74, 6) is 0.669. The lowest BCUT2D eigenvalue weighted by molar-refractivity contribution is -0.122. The lowest BCUT2D eigenvalue weighted by Gasteiger charge is -2.04. The first-order valence-electron chi connectivity index (χ1n) is 4.25. The summed E-state index contributed by atoms with van der Waals surface area (Å²) in [4.78, 5) is 11.0. The molecule has 0 saturated heterocycles. The van der Waals surface area contributed by atoms with Gasteiger partial charge in [-0.05, 0) is 0 Å². The van der Waals surface area contributed by atoms with Crippen molar-refractivity contribution in [2.24, 2.45) is 0 Å². The van der Waals surface area contributed by atoms with E-state index in [1.165, 1.54) is 0 Å². The molecule has 0 fully saturated rings. The Hall–Kier alpha value is -0.260. The van der Waals surface area contributed by atoms with Crippen molar-refractivity contribution in [2.75, 3.05) is 39.2 Å². The third kappa shape index (κ3) is 9.66. The van der Waals surface area contributed by atoms with Gasteiger partial charge in [-0.25, -0.2) is 0 Å². The van der Waals surface area contributed by atoms with Crippen molar-refractivity contribution in [3.05, 3.63) is 0 Å². The van der Waals surface area contributed by atoms with E-state index < -0.39 is 0 Å². The minimum absolute atomic E-state index is 0.00599. The quantitative estimate of drug-likeness (QED) is 0.438. The van der Waals surface area contributed by atoms with Gasteiger partial charge in [0.2, 0.25) is 5.91 Å². The van der Waals surface area contributed by atoms with Gasteiger partial charge in [-0.1, -0.05) is 0 Å². The molecule has 0 aliphatic rings. The smallest absolute Gasteiger partial charge is 0.222 e. The van der Waals surface area contributed by atoms with Crippen LogP contribution in [0.4, 0.5) is 0 Å². The highest BCUT2D eigenvalue weighted by Gasteiger charge is 1.98. The fourth-order valence-corrected chi connectivity index (χ4v) is 0.805. The molecular formula is C8H17NO3S. The van der Waals surface area contributed by atoms with Crippen LogP contribution in [0.2, 0.25) is 0 Å². The highest BCUT2D eigenvalue weighted by atomic mass is 32.1. The molecule has 4 nitrogen and oxygen atoms in total. The summed E-state index contributed by atoms with van der Waals surface area (Å²) in [6.07, 6.45) is 0.400. The van der Waals surface area contributed by atoms with Crippen LogP contribution in [-0.2, 0) is 14.3 Å². The summed E-state index contributed by atoms with van der Waals surface area (Å²) in [6.45, 7) is 2.16. The number of hydrogen-bond acceptors (Lipinski definition) is 4. The molecule has 1 N–H and O–H groups in total. The fraction of sp³-hybridized carbons (Fsp3) is 0.875. The largest absolute Gasteiger partial charge is 0.382 e. The third-order valence-electron chi connectivity index (χ3n) is 1.34. The van der Waals surface area contributed by atoms with Crippen LogP contribution < -0.4 is 5.32 Å². The first-order chi connectivity index (χ1) is 6.31. The molecule has 78 valence electrons. The molecule has 0 atom stereocenters. The van der Waals surface area contributed by atoms with Gasteiger partial charge in [-0.3, -0.25) is 4.79 Å². The second-order valence-electron chi connectivity index (χ2n) is 2.43. The average Bonchev–Trinajstić information content (AvgIpc) is 2.14. The zero-order chi connectivity index (χ0) is 9.94. The predicted molar refractivity (Wildman–Crippen MR) is 54.2 cm³/mol. The van der Waals surface area contributed by atoms with Gasteiger partial charge in [0.05, 0.1) is 19.8 Å². The predicted octanol–water partition coefficient (Wildman–Crippen LogP) is 0.0855. The third-order valence-corrected chi connectivity index (χ3v) is 1.56. The van der Waals surface area contributed by atoms with E-state index in [1.807, 2.05) is 0 Å². The van der Waals surface area contributed by atoms with Gasteiger partial charge >= 0.3 is 0 Å². The standard InChI is InChI=1S/C8H17NO3S/c1-11-5-6-12-4-2-8(10)9-3-7-13/h13H,2-7H2,1H3,(H,9,10). The van der Waals surface area contributed by atoms with Crippen molar-refractivity contribution in [2.45, 2.75) is 6.42 Å². The first kappa shape index (κ1) is 12.7. The Morgan fingerprint density at radius 2 is 2.15 bits per heavy atom. The van der Waals surface area contributed by atoms with E-state index in [0.29, 0.717) is 38.5 Å². The van der Waals surface area contributed by atoms with Crippen LogP contribution in [0.5, 0.6) is 0 Å². The second kappa shape index (κ2) is 9.83. The Kier molecular flexibility index (Phi) is 9.63. The molecular weight excluding hydrogens is 190 g/mol. The van der Waals surface area contributed by atoms with E-state index in [2.05, 4.69) is 17.9 Å². The van der Waals surface area contributed by atoms with Crippen LogP contribution in [0.1, 0.15) is 6.42 Å². The van der Waals surface area contributed by atoms with Crippen molar-refractivity contribution < 1.29 is 14.3 Å². The highest BCUT2D eigenvalue weighted by molar-refractivity contribution is 7.80. The molecule has 0 saturated carbocycles. The van der Waals surface area contributed by atoms with Crippen molar-refractivity contribution >= 4 is 18.5 Å². The van der Waals surface area contributed by atoms with Gasteiger partial charge in [-0.2, -0.15) is 12.6 Å². The van der Waals surface area contributed by atoms with E-state index in [1.54, 1.807) is 7.11 Å². The molecule has 0 aromatic carbocycles. The summed E-state index contributed by atoms with van der Waals surface area (Å²) in [5, 5.41) is 2.70. The Bertz CT molecular complexity index is 133. The number of rotatable bonds is 8. The number of methoxy groups -OCH3 is 1. The van der Waals surface area contributed by atoms with E-state index in [-0.39, 0.29) is 5.91 Å². The van der Waals surface area contributed by atoms with Crippen LogP contribution >= 0.6 is 12.6 Å². The van der Waals surface area contributed by atoms with Gasteiger partial charge in [-0.15, -0.1) is 0 Å². The van der Waals surface area contributed by atoms with E-state index >= 15 is 0 Å². The van der Waals surface area contributed by atoms with Gasteiger partial charge in [0.25, 0.3) is 0 Å². The molecule has 5 heteroatoms. The minimum Gasteiger partial charge on any atom is -0.382 e. The SMILES string of the molecule is COCCOCCC(=O)NCCS. The fourth-order valence-electron chi connectivity index (χ4n) is 0.693. The van der Waals surface area contributed by atoms with Gasteiger partial charge in [0.1, 0.15) is 0 Å².